The quantitative estimate of drug-likeness (QED) is 0.732. The molecule has 0 unspecified atom stereocenters. The summed E-state index contributed by atoms with van der Waals surface area (Å²) in [5, 5.41) is 3.46. The fraction of sp³-hybridized carbons (Fsp3) is 0.923. The van der Waals surface area contributed by atoms with Crippen molar-refractivity contribution in [2.75, 3.05) is 26.2 Å². The van der Waals surface area contributed by atoms with E-state index in [-0.39, 0.29) is 24.1 Å². The molecule has 0 aromatic carbocycles. The van der Waals surface area contributed by atoms with Gasteiger partial charge in [0.05, 0.1) is 0 Å². The molecule has 1 N–H and O–H groups in total. The third kappa shape index (κ3) is 2.21. The number of carbonyl (C=O) groups excluding carboxylic acids is 1. The molecule has 0 aromatic heterocycles. The van der Waals surface area contributed by atoms with Gasteiger partial charge < -0.3 is 15.0 Å². The highest BCUT2D eigenvalue weighted by molar-refractivity contribution is 5.85. The lowest BCUT2D eigenvalue weighted by atomic mass is 9.60. The summed E-state index contributed by atoms with van der Waals surface area (Å²) in [7, 11) is 0. The molecule has 18 heavy (non-hydrogen) atoms. The number of nitrogens with one attached hydrogen (secondary N) is 1. The summed E-state index contributed by atoms with van der Waals surface area (Å²) >= 11 is 0. The van der Waals surface area contributed by atoms with E-state index >= 15 is 0 Å². The molecule has 1 saturated carbocycles. The van der Waals surface area contributed by atoms with Crippen molar-refractivity contribution in [2.45, 2.75) is 26.4 Å². The molecule has 0 spiro atoms. The second kappa shape index (κ2) is 4.57. The van der Waals surface area contributed by atoms with E-state index in [0.717, 1.165) is 49.9 Å². The van der Waals surface area contributed by atoms with Gasteiger partial charge >= 0.3 is 6.09 Å². The van der Waals surface area contributed by atoms with E-state index in [1.165, 1.54) is 0 Å². The number of fused-ring (bicyclic) bond motifs is 4. The van der Waals surface area contributed by atoms with Gasteiger partial charge in [0.25, 0.3) is 0 Å². The van der Waals surface area contributed by atoms with Crippen molar-refractivity contribution in [1.82, 2.24) is 10.2 Å². The van der Waals surface area contributed by atoms with Crippen LogP contribution >= 0.6 is 12.4 Å². The summed E-state index contributed by atoms with van der Waals surface area (Å²) in [6.45, 7) is 9.88. The van der Waals surface area contributed by atoms with Crippen LogP contribution in [0.15, 0.2) is 0 Å². The number of carbonyl (C=O) groups is 1. The van der Waals surface area contributed by atoms with Crippen molar-refractivity contribution in [3.8, 4) is 0 Å². The van der Waals surface area contributed by atoms with Crippen LogP contribution in [0.3, 0.4) is 0 Å². The van der Waals surface area contributed by atoms with Gasteiger partial charge in [0.2, 0.25) is 0 Å². The Bertz CT molecular complexity index is 324. The van der Waals surface area contributed by atoms with Crippen molar-refractivity contribution >= 4 is 18.5 Å². The number of halogens is 1. The van der Waals surface area contributed by atoms with Crippen molar-refractivity contribution in [2.24, 2.45) is 23.7 Å². The van der Waals surface area contributed by atoms with Gasteiger partial charge in [-0.05, 0) is 57.5 Å². The molecule has 4 nitrogen and oxygen atoms in total. The van der Waals surface area contributed by atoms with E-state index in [1.807, 2.05) is 25.7 Å². The lowest BCUT2D eigenvalue weighted by Gasteiger charge is -2.43. The van der Waals surface area contributed by atoms with Crippen LogP contribution in [0.4, 0.5) is 4.79 Å². The summed E-state index contributed by atoms with van der Waals surface area (Å²) in [6, 6.07) is 0. The molecule has 0 radical (unpaired) electrons. The van der Waals surface area contributed by atoms with E-state index in [1.54, 1.807) is 0 Å². The summed E-state index contributed by atoms with van der Waals surface area (Å²) in [5.41, 5.74) is -0.379. The Kier molecular flexibility index (Phi) is 3.54. The summed E-state index contributed by atoms with van der Waals surface area (Å²) < 4.78 is 5.44. The third-order valence-corrected chi connectivity index (χ3v) is 4.47. The molecule has 1 aliphatic carbocycles. The summed E-state index contributed by atoms with van der Waals surface area (Å²) in [5.74, 6) is 3.07. The maximum Gasteiger partial charge on any atom is 0.410 e. The molecular formula is C13H23ClN2O2. The van der Waals surface area contributed by atoms with Gasteiger partial charge in [-0.3, -0.25) is 0 Å². The molecule has 4 atom stereocenters. The van der Waals surface area contributed by atoms with Gasteiger partial charge in [-0.1, -0.05) is 0 Å². The van der Waals surface area contributed by atoms with Crippen LogP contribution in [0.2, 0.25) is 0 Å². The SMILES string of the molecule is CC(C)(C)OC(=O)N1C[C@@H]2[C@H]3CNC[C@H]3[C@@H]2C1.Cl. The first kappa shape index (κ1) is 13.9. The molecule has 104 valence electrons. The Balaban J connectivity index is 0.00000120. The Morgan fingerprint density at radius 2 is 1.61 bits per heavy atom. The topological polar surface area (TPSA) is 41.6 Å². The number of rotatable bonds is 0. The smallest absolute Gasteiger partial charge is 0.410 e. The zero-order valence-electron chi connectivity index (χ0n) is 11.3. The first-order valence-corrected chi connectivity index (χ1v) is 6.64. The average molecular weight is 275 g/mol. The summed E-state index contributed by atoms with van der Waals surface area (Å²) in [6.07, 6.45) is -0.127. The lowest BCUT2D eigenvalue weighted by Crippen LogP contribution is -2.44. The van der Waals surface area contributed by atoms with Crippen LogP contribution in [-0.4, -0.2) is 42.8 Å². The van der Waals surface area contributed by atoms with Crippen LogP contribution in [0.25, 0.3) is 0 Å². The monoisotopic (exact) mass is 274 g/mol. The molecule has 3 rings (SSSR count). The van der Waals surface area contributed by atoms with Crippen LogP contribution in [0.5, 0.6) is 0 Å². The number of nitrogens with zero attached hydrogens (tertiary/aromatic N) is 1. The zero-order chi connectivity index (χ0) is 12.2. The van der Waals surface area contributed by atoms with Crippen molar-refractivity contribution in [3.63, 3.8) is 0 Å². The normalized spacial score (nSPS) is 37.4. The van der Waals surface area contributed by atoms with Crippen LogP contribution < -0.4 is 5.32 Å². The fourth-order valence-corrected chi connectivity index (χ4v) is 3.75. The van der Waals surface area contributed by atoms with Crippen LogP contribution in [0, 0.1) is 23.7 Å². The number of amides is 1. The molecule has 0 bridgehead atoms. The minimum Gasteiger partial charge on any atom is -0.444 e. The van der Waals surface area contributed by atoms with Crippen molar-refractivity contribution < 1.29 is 9.53 Å². The Hall–Kier alpha value is -0.480. The van der Waals surface area contributed by atoms with Crippen molar-refractivity contribution in [3.05, 3.63) is 0 Å². The second-order valence-corrected chi connectivity index (χ2v) is 6.70. The highest BCUT2D eigenvalue weighted by Gasteiger charge is 2.57. The number of hydrogen-bond donors (Lipinski definition) is 1. The third-order valence-electron chi connectivity index (χ3n) is 4.47. The Morgan fingerprint density at radius 3 is 2.06 bits per heavy atom. The first-order chi connectivity index (χ1) is 7.96. The van der Waals surface area contributed by atoms with E-state index in [4.69, 9.17) is 4.74 Å². The number of ether oxygens (including phenoxy) is 1. The molecule has 5 heteroatoms. The molecule has 2 saturated heterocycles. The zero-order valence-corrected chi connectivity index (χ0v) is 12.1. The Labute approximate surface area is 115 Å². The van der Waals surface area contributed by atoms with Gasteiger partial charge in [-0.2, -0.15) is 0 Å². The maximum absolute atomic E-state index is 12.0. The highest BCUT2D eigenvalue weighted by Crippen LogP contribution is 2.52. The molecule has 2 aliphatic heterocycles. The minimum atomic E-state index is -0.379. The predicted octanol–water partition coefficient (Wildman–Crippen LogP) is 1.74. The Morgan fingerprint density at radius 1 is 1.11 bits per heavy atom. The van der Waals surface area contributed by atoms with E-state index in [2.05, 4.69) is 5.32 Å². The molecule has 3 aliphatic rings. The number of likely N-dealkylation sites (tertiary alicyclic amines) is 1. The fourth-order valence-electron chi connectivity index (χ4n) is 3.75. The number of hydrogen-bond acceptors (Lipinski definition) is 3. The van der Waals surface area contributed by atoms with Gasteiger partial charge in [0, 0.05) is 13.1 Å². The van der Waals surface area contributed by atoms with E-state index in [0.29, 0.717) is 0 Å². The molecule has 0 aromatic rings. The lowest BCUT2D eigenvalue weighted by molar-refractivity contribution is 0.0287. The molecule has 1 amide bonds. The predicted molar refractivity (Wildman–Crippen MR) is 71.9 cm³/mol. The van der Waals surface area contributed by atoms with E-state index < -0.39 is 0 Å². The highest BCUT2D eigenvalue weighted by atomic mass is 35.5. The van der Waals surface area contributed by atoms with Gasteiger partial charge in [0.1, 0.15) is 5.60 Å². The summed E-state index contributed by atoms with van der Waals surface area (Å²) in [4.78, 5) is 13.9. The second-order valence-electron chi connectivity index (χ2n) is 6.70. The maximum atomic E-state index is 12.0. The first-order valence-electron chi connectivity index (χ1n) is 6.64. The van der Waals surface area contributed by atoms with Crippen LogP contribution in [0.1, 0.15) is 20.8 Å². The standard InChI is InChI=1S/C13H22N2O2.ClH/c1-13(2,3)17-12(16)15-6-10-8-4-14-5-9(8)11(10)7-15;/h8-11,14H,4-7H2,1-3H3;1H/t8-,9+,10+,11-;. The largest absolute Gasteiger partial charge is 0.444 e. The van der Waals surface area contributed by atoms with Crippen molar-refractivity contribution in [1.29, 1.82) is 0 Å². The molecular weight excluding hydrogens is 252 g/mol. The molecule has 3 fully saturated rings. The average Bonchev–Trinajstić information content (AvgIpc) is 2.71. The van der Waals surface area contributed by atoms with Gasteiger partial charge in [-0.15, -0.1) is 12.4 Å². The van der Waals surface area contributed by atoms with Crippen LogP contribution in [-0.2, 0) is 4.74 Å². The van der Waals surface area contributed by atoms with Gasteiger partial charge in [0.15, 0.2) is 0 Å². The van der Waals surface area contributed by atoms with Gasteiger partial charge in [-0.25, -0.2) is 4.79 Å². The molecule has 2 heterocycles. The minimum absolute atomic E-state index is 0. The van der Waals surface area contributed by atoms with E-state index in [9.17, 15) is 4.79 Å².